The zero-order valence-corrected chi connectivity index (χ0v) is 14.9. The molecule has 2 atom stereocenters. The zero-order chi connectivity index (χ0) is 18.6. The van der Waals surface area contributed by atoms with Gasteiger partial charge in [-0.05, 0) is 6.42 Å². The summed E-state index contributed by atoms with van der Waals surface area (Å²) in [6.07, 6.45) is -0.399. The number of β-amino-alcohol motifs (C(OH)–C–C–N with tert-alkyl or cyclic N) is 1. The Hall–Kier alpha value is -2.00. The molecule has 0 bridgehead atoms. The number of aliphatic hydroxyl groups excluding tert-OH is 1. The van der Waals surface area contributed by atoms with Gasteiger partial charge in [-0.2, -0.15) is 4.98 Å². The Morgan fingerprint density at radius 3 is 2.76 bits per heavy atom. The molecule has 2 heterocycles. The Morgan fingerprint density at radius 2 is 2.20 bits per heavy atom. The molecule has 1 aliphatic rings. The molecule has 25 heavy (non-hydrogen) atoms. The summed E-state index contributed by atoms with van der Waals surface area (Å²) in [6.45, 7) is 5.55. The SMILES string of the molecule is CC(=O)NC[C@]1(O)CCN(C(=O)CCc2nc(C(C)C)no2)C[C@H]1O. The van der Waals surface area contributed by atoms with Crippen molar-refractivity contribution in [3.05, 3.63) is 11.7 Å². The van der Waals surface area contributed by atoms with Crippen LogP contribution in [0.3, 0.4) is 0 Å². The van der Waals surface area contributed by atoms with Crippen LogP contribution in [0.25, 0.3) is 0 Å². The maximum atomic E-state index is 12.3. The van der Waals surface area contributed by atoms with Gasteiger partial charge in [-0.1, -0.05) is 19.0 Å². The number of likely N-dealkylation sites (tertiary alicyclic amines) is 1. The third kappa shape index (κ3) is 4.99. The summed E-state index contributed by atoms with van der Waals surface area (Å²) in [5, 5.41) is 27.0. The lowest BCUT2D eigenvalue weighted by Gasteiger charge is -2.42. The topological polar surface area (TPSA) is 129 Å². The number of hydrogen-bond donors (Lipinski definition) is 3. The summed E-state index contributed by atoms with van der Waals surface area (Å²) in [5.74, 6) is 0.756. The molecule has 1 aromatic rings. The summed E-state index contributed by atoms with van der Waals surface area (Å²) in [6, 6.07) is 0. The van der Waals surface area contributed by atoms with Gasteiger partial charge in [0.25, 0.3) is 0 Å². The van der Waals surface area contributed by atoms with E-state index in [1.807, 2.05) is 13.8 Å². The molecule has 0 radical (unpaired) electrons. The molecule has 0 unspecified atom stereocenters. The van der Waals surface area contributed by atoms with Crippen molar-refractivity contribution in [1.29, 1.82) is 0 Å². The zero-order valence-electron chi connectivity index (χ0n) is 14.9. The minimum absolute atomic E-state index is 0.0238. The fourth-order valence-electron chi connectivity index (χ4n) is 2.65. The Bertz CT molecular complexity index is 617. The summed E-state index contributed by atoms with van der Waals surface area (Å²) in [4.78, 5) is 29.0. The number of aryl methyl sites for hydroxylation is 1. The Labute approximate surface area is 146 Å². The van der Waals surface area contributed by atoms with Crippen molar-refractivity contribution in [3.8, 4) is 0 Å². The summed E-state index contributed by atoms with van der Waals surface area (Å²) in [5.41, 5.74) is -1.42. The molecule has 1 aromatic heterocycles. The number of nitrogens with one attached hydrogen (secondary N) is 1. The van der Waals surface area contributed by atoms with Crippen molar-refractivity contribution in [2.75, 3.05) is 19.6 Å². The second-order valence-electron chi connectivity index (χ2n) is 6.82. The van der Waals surface area contributed by atoms with Crippen LogP contribution in [0.4, 0.5) is 0 Å². The van der Waals surface area contributed by atoms with E-state index in [9.17, 15) is 19.8 Å². The molecule has 0 aromatic carbocycles. The highest BCUT2D eigenvalue weighted by molar-refractivity contribution is 5.76. The number of aromatic nitrogens is 2. The second kappa shape index (κ2) is 7.92. The van der Waals surface area contributed by atoms with Gasteiger partial charge >= 0.3 is 0 Å². The van der Waals surface area contributed by atoms with Crippen LogP contribution in [0.5, 0.6) is 0 Å². The predicted molar refractivity (Wildman–Crippen MR) is 87.5 cm³/mol. The molecule has 3 N–H and O–H groups in total. The Kier molecular flexibility index (Phi) is 6.12. The first-order chi connectivity index (χ1) is 11.7. The van der Waals surface area contributed by atoms with E-state index in [1.54, 1.807) is 0 Å². The molecule has 0 aliphatic carbocycles. The van der Waals surface area contributed by atoms with Gasteiger partial charge in [0, 0.05) is 45.3 Å². The number of rotatable bonds is 6. The molecule has 1 fully saturated rings. The van der Waals surface area contributed by atoms with Gasteiger partial charge in [0.15, 0.2) is 5.82 Å². The largest absolute Gasteiger partial charge is 0.388 e. The second-order valence-corrected chi connectivity index (χ2v) is 6.82. The maximum Gasteiger partial charge on any atom is 0.227 e. The number of nitrogens with zero attached hydrogens (tertiary/aromatic N) is 3. The molecule has 2 amide bonds. The van der Waals surface area contributed by atoms with E-state index in [0.717, 1.165) is 0 Å². The average molecular weight is 354 g/mol. The lowest BCUT2D eigenvalue weighted by atomic mass is 9.88. The Morgan fingerprint density at radius 1 is 1.48 bits per heavy atom. The lowest BCUT2D eigenvalue weighted by Crippen LogP contribution is -2.61. The number of piperidine rings is 1. The molecular formula is C16H26N4O5. The van der Waals surface area contributed by atoms with Crippen LogP contribution in [-0.2, 0) is 16.0 Å². The lowest BCUT2D eigenvalue weighted by molar-refractivity contribution is -0.150. The number of aliphatic hydroxyl groups is 2. The van der Waals surface area contributed by atoms with Crippen molar-refractivity contribution >= 4 is 11.8 Å². The fourth-order valence-corrected chi connectivity index (χ4v) is 2.65. The van der Waals surface area contributed by atoms with Gasteiger partial charge in [-0.25, -0.2) is 0 Å². The fraction of sp³-hybridized carbons (Fsp3) is 0.750. The molecule has 0 saturated carbocycles. The van der Waals surface area contributed by atoms with Gasteiger partial charge in [0.05, 0.1) is 0 Å². The first-order valence-electron chi connectivity index (χ1n) is 8.46. The van der Waals surface area contributed by atoms with Crippen LogP contribution in [0.2, 0.25) is 0 Å². The normalized spacial score (nSPS) is 23.8. The predicted octanol–water partition coefficient (Wildman–Crippen LogP) is -0.414. The molecular weight excluding hydrogens is 328 g/mol. The van der Waals surface area contributed by atoms with Crippen LogP contribution in [0.1, 0.15) is 51.2 Å². The summed E-state index contributed by atoms with van der Waals surface area (Å²) in [7, 11) is 0. The van der Waals surface area contributed by atoms with E-state index in [0.29, 0.717) is 24.7 Å². The van der Waals surface area contributed by atoms with E-state index in [-0.39, 0.29) is 43.7 Å². The van der Waals surface area contributed by atoms with Crippen molar-refractivity contribution in [1.82, 2.24) is 20.4 Å². The number of amides is 2. The summed E-state index contributed by atoms with van der Waals surface area (Å²) < 4.78 is 5.11. The van der Waals surface area contributed by atoms with Crippen molar-refractivity contribution in [2.45, 2.75) is 57.7 Å². The van der Waals surface area contributed by atoms with Gasteiger partial charge in [0.1, 0.15) is 11.7 Å². The van der Waals surface area contributed by atoms with E-state index < -0.39 is 11.7 Å². The van der Waals surface area contributed by atoms with Crippen LogP contribution >= 0.6 is 0 Å². The number of carbonyl (C=O) groups is 2. The van der Waals surface area contributed by atoms with Crippen molar-refractivity contribution in [3.63, 3.8) is 0 Å². The minimum Gasteiger partial charge on any atom is -0.388 e. The monoisotopic (exact) mass is 354 g/mol. The highest BCUT2D eigenvalue weighted by Crippen LogP contribution is 2.23. The quantitative estimate of drug-likeness (QED) is 0.633. The molecule has 0 spiro atoms. The highest BCUT2D eigenvalue weighted by Gasteiger charge is 2.41. The van der Waals surface area contributed by atoms with Gasteiger partial charge in [0.2, 0.25) is 17.7 Å². The molecule has 1 saturated heterocycles. The van der Waals surface area contributed by atoms with Crippen LogP contribution < -0.4 is 5.32 Å². The summed E-state index contributed by atoms with van der Waals surface area (Å²) >= 11 is 0. The molecule has 1 aliphatic heterocycles. The van der Waals surface area contributed by atoms with E-state index in [2.05, 4.69) is 15.5 Å². The van der Waals surface area contributed by atoms with E-state index in [1.165, 1.54) is 11.8 Å². The molecule has 9 heteroatoms. The highest BCUT2D eigenvalue weighted by atomic mass is 16.5. The van der Waals surface area contributed by atoms with Crippen molar-refractivity contribution in [2.24, 2.45) is 0 Å². The molecule has 9 nitrogen and oxygen atoms in total. The average Bonchev–Trinajstić information content (AvgIpc) is 3.03. The van der Waals surface area contributed by atoms with E-state index in [4.69, 9.17) is 4.52 Å². The van der Waals surface area contributed by atoms with Crippen LogP contribution in [-0.4, -0.2) is 68.4 Å². The first-order valence-corrected chi connectivity index (χ1v) is 8.46. The number of carbonyl (C=O) groups excluding carboxylic acids is 2. The minimum atomic E-state index is -1.42. The standard InChI is InChI=1S/C16H26N4O5/c1-10(2)15-18-13(25-19-15)4-5-14(23)20-7-6-16(24,12(22)8-20)9-17-11(3)21/h10,12,22,24H,4-9H2,1-3H3,(H,17,21)/t12-,16-/m1/s1. The van der Waals surface area contributed by atoms with Gasteiger partial charge < -0.3 is 25.0 Å². The number of hydrogen-bond acceptors (Lipinski definition) is 7. The van der Waals surface area contributed by atoms with Gasteiger partial charge in [-0.15, -0.1) is 0 Å². The van der Waals surface area contributed by atoms with E-state index >= 15 is 0 Å². The Balaban J connectivity index is 1.84. The smallest absolute Gasteiger partial charge is 0.227 e. The van der Waals surface area contributed by atoms with Crippen LogP contribution in [0.15, 0.2) is 4.52 Å². The maximum absolute atomic E-state index is 12.3. The molecule has 2 rings (SSSR count). The molecule has 140 valence electrons. The van der Waals surface area contributed by atoms with Crippen LogP contribution in [0, 0.1) is 0 Å². The third-order valence-electron chi connectivity index (χ3n) is 4.38. The third-order valence-corrected chi connectivity index (χ3v) is 4.38. The first kappa shape index (κ1) is 19.3. The van der Waals surface area contributed by atoms with Crippen molar-refractivity contribution < 1.29 is 24.3 Å². The van der Waals surface area contributed by atoms with Gasteiger partial charge in [-0.3, -0.25) is 9.59 Å².